The van der Waals surface area contributed by atoms with Crippen LogP contribution in [0.25, 0.3) is 11.1 Å². The second-order valence-electron chi connectivity index (χ2n) is 8.15. The number of carbonyl (C=O) groups excluding carboxylic acids is 1. The maximum Gasteiger partial charge on any atom is 0.214 e. The van der Waals surface area contributed by atoms with Crippen LogP contribution < -0.4 is 20.3 Å². The Balaban J connectivity index is 2.23. The summed E-state index contributed by atoms with van der Waals surface area (Å²) in [6, 6.07) is 6.09. The van der Waals surface area contributed by atoms with Crippen LogP contribution in [0.4, 0.5) is 11.5 Å². The SMILES string of the molecule is CCCOCCN(C=O)c1cc(-c2ccc(OC)nc2)cnc1NC(C)=NCCCNC(C)C. The lowest BCUT2D eigenvalue weighted by molar-refractivity contribution is -0.107. The van der Waals surface area contributed by atoms with Gasteiger partial charge in [-0.1, -0.05) is 20.8 Å². The molecule has 0 saturated heterocycles. The highest BCUT2D eigenvalue weighted by molar-refractivity contribution is 5.97. The molecule has 1 amide bonds. The van der Waals surface area contributed by atoms with Crippen molar-refractivity contribution in [2.75, 3.05) is 50.2 Å². The van der Waals surface area contributed by atoms with E-state index in [4.69, 9.17) is 9.47 Å². The maximum atomic E-state index is 12.0. The van der Waals surface area contributed by atoms with Crippen LogP contribution >= 0.6 is 0 Å². The Morgan fingerprint density at radius 3 is 2.65 bits per heavy atom. The highest BCUT2D eigenvalue weighted by Gasteiger charge is 2.15. The zero-order chi connectivity index (χ0) is 24.8. The first kappa shape index (κ1) is 27.2. The number of hydrogen-bond acceptors (Lipinski definition) is 7. The second-order valence-corrected chi connectivity index (χ2v) is 8.15. The van der Waals surface area contributed by atoms with E-state index in [0.717, 1.165) is 42.8 Å². The lowest BCUT2D eigenvalue weighted by atomic mass is 10.1. The Morgan fingerprint density at radius 1 is 1.21 bits per heavy atom. The fourth-order valence-corrected chi connectivity index (χ4v) is 3.16. The lowest BCUT2D eigenvalue weighted by Gasteiger charge is -2.21. The average molecular weight is 471 g/mol. The van der Waals surface area contributed by atoms with Gasteiger partial charge >= 0.3 is 0 Å². The minimum absolute atomic E-state index is 0.418. The van der Waals surface area contributed by atoms with Crippen LogP contribution in [-0.2, 0) is 9.53 Å². The normalized spacial score (nSPS) is 11.5. The third-order valence-corrected chi connectivity index (χ3v) is 4.94. The summed E-state index contributed by atoms with van der Waals surface area (Å²) >= 11 is 0. The van der Waals surface area contributed by atoms with Crippen LogP contribution in [0.1, 0.15) is 40.5 Å². The summed E-state index contributed by atoms with van der Waals surface area (Å²) in [7, 11) is 1.58. The number of anilines is 2. The van der Waals surface area contributed by atoms with Gasteiger partial charge in [0, 0.05) is 55.3 Å². The molecule has 186 valence electrons. The molecule has 2 aromatic heterocycles. The number of amides is 1. The molecule has 9 nitrogen and oxygen atoms in total. The van der Waals surface area contributed by atoms with Crippen molar-refractivity contribution in [2.24, 2.45) is 4.99 Å². The van der Waals surface area contributed by atoms with E-state index < -0.39 is 0 Å². The van der Waals surface area contributed by atoms with Crippen molar-refractivity contribution in [3.8, 4) is 17.0 Å². The molecule has 0 fully saturated rings. The molecule has 9 heteroatoms. The van der Waals surface area contributed by atoms with Gasteiger partial charge in [0.2, 0.25) is 12.3 Å². The van der Waals surface area contributed by atoms with Crippen molar-refractivity contribution < 1.29 is 14.3 Å². The molecule has 0 atom stereocenters. The van der Waals surface area contributed by atoms with Crippen LogP contribution in [0.5, 0.6) is 5.88 Å². The van der Waals surface area contributed by atoms with Gasteiger partial charge in [0.25, 0.3) is 0 Å². The Kier molecular flexibility index (Phi) is 12.0. The first-order valence-corrected chi connectivity index (χ1v) is 11.8. The number of nitrogens with zero attached hydrogens (tertiary/aromatic N) is 4. The number of methoxy groups -OCH3 is 1. The third-order valence-electron chi connectivity index (χ3n) is 4.94. The van der Waals surface area contributed by atoms with Gasteiger partial charge in [0.05, 0.1) is 25.2 Å². The summed E-state index contributed by atoms with van der Waals surface area (Å²) in [5.41, 5.74) is 2.36. The van der Waals surface area contributed by atoms with Crippen molar-refractivity contribution in [1.29, 1.82) is 0 Å². The first-order chi connectivity index (χ1) is 16.5. The Labute approximate surface area is 203 Å². The smallest absolute Gasteiger partial charge is 0.214 e. The van der Waals surface area contributed by atoms with Crippen molar-refractivity contribution in [3.05, 3.63) is 30.6 Å². The van der Waals surface area contributed by atoms with Gasteiger partial charge in [-0.2, -0.15) is 0 Å². The van der Waals surface area contributed by atoms with E-state index in [9.17, 15) is 4.79 Å². The monoisotopic (exact) mass is 470 g/mol. The second kappa shape index (κ2) is 15.0. The number of carbonyl (C=O) groups is 1. The van der Waals surface area contributed by atoms with Crippen LogP contribution in [0.15, 0.2) is 35.6 Å². The zero-order valence-electron chi connectivity index (χ0n) is 21.0. The molecule has 2 aromatic rings. The van der Waals surface area contributed by atoms with E-state index in [1.54, 1.807) is 30.5 Å². The molecule has 0 radical (unpaired) electrons. The van der Waals surface area contributed by atoms with Crippen molar-refractivity contribution >= 4 is 23.8 Å². The molecule has 0 unspecified atom stereocenters. The van der Waals surface area contributed by atoms with Gasteiger partial charge in [0.15, 0.2) is 5.82 Å². The number of rotatable bonds is 15. The molecule has 2 heterocycles. The predicted octanol–water partition coefficient (Wildman–Crippen LogP) is 3.76. The molecule has 0 aromatic carbocycles. The van der Waals surface area contributed by atoms with Crippen molar-refractivity contribution in [3.63, 3.8) is 0 Å². The predicted molar refractivity (Wildman–Crippen MR) is 138 cm³/mol. The van der Waals surface area contributed by atoms with Gasteiger partial charge in [-0.25, -0.2) is 9.97 Å². The first-order valence-electron chi connectivity index (χ1n) is 11.8. The number of aromatic nitrogens is 2. The molecule has 0 aliphatic heterocycles. The molecular formula is C25H38N6O3. The number of ether oxygens (including phenoxy) is 2. The molecule has 34 heavy (non-hydrogen) atoms. The van der Waals surface area contributed by atoms with E-state index in [1.165, 1.54) is 0 Å². The van der Waals surface area contributed by atoms with Crippen LogP contribution in [0.2, 0.25) is 0 Å². The van der Waals surface area contributed by atoms with Gasteiger partial charge in [0.1, 0.15) is 0 Å². The minimum Gasteiger partial charge on any atom is -0.481 e. The number of aliphatic imine (C=N–C) groups is 1. The van der Waals surface area contributed by atoms with E-state index in [2.05, 4.69) is 46.4 Å². The Morgan fingerprint density at radius 2 is 2.00 bits per heavy atom. The van der Waals surface area contributed by atoms with Gasteiger partial charge in [-0.05, 0) is 38.4 Å². The fourth-order valence-electron chi connectivity index (χ4n) is 3.16. The van der Waals surface area contributed by atoms with Gasteiger partial charge in [-0.15, -0.1) is 0 Å². The number of nitrogens with one attached hydrogen (secondary N) is 2. The standard InChI is InChI=1S/C25H38N6O3/c1-6-13-34-14-12-31(18-32)23-15-22(21-8-9-24(33-5)28-16-21)17-29-25(23)30-20(4)27-11-7-10-26-19(2)3/h8-9,15-19,26H,6-7,10-14H2,1-5H3,(H,27,29,30). The highest BCUT2D eigenvalue weighted by Crippen LogP contribution is 2.29. The summed E-state index contributed by atoms with van der Waals surface area (Å²) in [5.74, 6) is 1.84. The summed E-state index contributed by atoms with van der Waals surface area (Å²) < 4.78 is 10.7. The van der Waals surface area contributed by atoms with Crippen LogP contribution in [0, 0.1) is 0 Å². The third kappa shape index (κ3) is 9.07. The van der Waals surface area contributed by atoms with Crippen LogP contribution in [-0.4, -0.2) is 68.2 Å². The summed E-state index contributed by atoms with van der Waals surface area (Å²) in [6.45, 7) is 11.3. The molecular weight excluding hydrogens is 432 g/mol. The molecule has 0 saturated carbocycles. The van der Waals surface area contributed by atoms with Crippen LogP contribution in [0.3, 0.4) is 0 Å². The van der Waals surface area contributed by atoms with Crippen molar-refractivity contribution in [2.45, 2.75) is 46.6 Å². The summed E-state index contributed by atoms with van der Waals surface area (Å²) in [6.07, 6.45) is 6.15. The maximum absolute atomic E-state index is 12.0. The molecule has 0 spiro atoms. The average Bonchev–Trinajstić information content (AvgIpc) is 2.84. The van der Waals surface area contributed by atoms with Gasteiger partial charge < -0.3 is 25.0 Å². The lowest BCUT2D eigenvalue weighted by Crippen LogP contribution is -2.27. The fraction of sp³-hybridized carbons (Fsp3) is 0.520. The molecule has 2 N–H and O–H groups in total. The van der Waals surface area contributed by atoms with E-state index >= 15 is 0 Å². The molecule has 2 rings (SSSR count). The topological polar surface area (TPSA) is 101 Å². The number of amidine groups is 1. The number of hydrogen-bond donors (Lipinski definition) is 2. The van der Waals surface area contributed by atoms with Crippen molar-refractivity contribution in [1.82, 2.24) is 15.3 Å². The zero-order valence-corrected chi connectivity index (χ0v) is 21.0. The molecule has 0 aliphatic carbocycles. The minimum atomic E-state index is 0.418. The van der Waals surface area contributed by atoms with E-state index in [1.807, 2.05) is 19.1 Å². The highest BCUT2D eigenvalue weighted by atomic mass is 16.5. The molecule has 0 aliphatic rings. The van der Waals surface area contributed by atoms with Gasteiger partial charge in [-0.3, -0.25) is 9.79 Å². The summed E-state index contributed by atoms with van der Waals surface area (Å²) in [5, 5.41) is 6.65. The largest absolute Gasteiger partial charge is 0.481 e. The summed E-state index contributed by atoms with van der Waals surface area (Å²) in [4.78, 5) is 27.1. The quantitative estimate of drug-likeness (QED) is 0.177. The number of pyridine rings is 2. The van der Waals surface area contributed by atoms with E-state index in [0.29, 0.717) is 49.7 Å². The molecule has 0 bridgehead atoms. The Hall–Kier alpha value is -3.04. The Bertz CT molecular complexity index is 902. The van der Waals surface area contributed by atoms with E-state index in [-0.39, 0.29) is 0 Å².